The minimum Gasteiger partial charge on any atom is -0.478 e. The lowest BCUT2D eigenvalue weighted by molar-refractivity contribution is 0.0697. The van der Waals surface area contributed by atoms with Crippen molar-refractivity contribution in [2.24, 2.45) is 0 Å². The van der Waals surface area contributed by atoms with Gasteiger partial charge in [-0.05, 0) is 18.2 Å². The molecule has 1 aromatic carbocycles. The van der Waals surface area contributed by atoms with Crippen molar-refractivity contribution in [3.05, 3.63) is 72.3 Å². The van der Waals surface area contributed by atoms with Crippen molar-refractivity contribution in [1.29, 1.82) is 0 Å². The van der Waals surface area contributed by atoms with Gasteiger partial charge in [0.2, 0.25) is 0 Å². The molecule has 6 nitrogen and oxygen atoms in total. The number of carboxylic acids is 1. The Balaban J connectivity index is 2.11. The van der Waals surface area contributed by atoms with E-state index in [-0.39, 0.29) is 17.3 Å². The molecule has 6 heteroatoms. The molecule has 108 valence electrons. The molecule has 2 aromatic heterocycles. The van der Waals surface area contributed by atoms with Crippen molar-refractivity contribution in [3.8, 4) is 11.4 Å². The van der Waals surface area contributed by atoms with Gasteiger partial charge in [0.25, 0.3) is 5.91 Å². The molecule has 0 saturated carbocycles. The third kappa shape index (κ3) is 2.37. The molecule has 0 fully saturated rings. The Hall–Kier alpha value is -3.28. The van der Waals surface area contributed by atoms with E-state index in [0.29, 0.717) is 11.1 Å². The van der Waals surface area contributed by atoms with Crippen molar-refractivity contribution >= 4 is 11.9 Å². The number of rotatable bonds is 3. The lowest BCUT2D eigenvalue weighted by atomic mass is 10.1. The van der Waals surface area contributed by atoms with Crippen LogP contribution in [0.1, 0.15) is 20.7 Å². The largest absolute Gasteiger partial charge is 0.478 e. The summed E-state index contributed by atoms with van der Waals surface area (Å²) in [5.41, 5.74) is 0.876. The second-order valence-electron chi connectivity index (χ2n) is 4.52. The Labute approximate surface area is 125 Å². The van der Waals surface area contributed by atoms with Gasteiger partial charge in [0.1, 0.15) is 5.82 Å². The van der Waals surface area contributed by atoms with Gasteiger partial charge < -0.3 is 5.11 Å². The van der Waals surface area contributed by atoms with Gasteiger partial charge in [-0.1, -0.05) is 18.2 Å². The van der Waals surface area contributed by atoms with Crippen LogP contribution in [-0.2, 0) is 0 Å². The molecule has 0 unspecified atom stereocenters. The third-order valence-corrected chi connectivity index (χ3v) is 3.17. The number of hydrogen-bond acceptors (Lipinski definition) is 4. The average molecular weight is 293 g/mol. The van der Waals surface area contributed by atoms with Crippen LogP contribution >= 0.6 is 0 Å². The number of hydrogen-bond donors (Lipinski definition) is 1. The number of aromatic nitrogens is 3. The van der Waals surface area contributed by atoms with Crippen LogP contribution < -0.4 is 0 Å². The molecule has 0 atom stereocenters. The second-order valence-corrected chi connectivity index (χ2v) is 4.52. The molecular formula is C16H11N3O3. The zero-order chi connectivity index (χ0) is 15.5. The first-order valence-corrected chi connectivity index (χ1v) is 6.49. The summed E-state index contributed by atoms with van der Waals surface area (Å²) in [7, 11) is 0. The average Bonchev–Trinajstić information content (AvgIpc) is 3.04. The summed E-state index contributed by atoms with van der Waals surface area (Å²) in [6.07, 6.45) is 5.99. The van der Waals surface area contributed by atoms with Crippen LogP contribution in [-0.4, -0.2) is 31.5 Å². The van der Waals surface area contributed by atoms with E-state index in [4.69, 9.17) is 0 Å². The second kappa shape index (κ2) is 5.61. The van der Waals surface area contributed by atoms with Crippen LogP contribution in [0.5, 0.6) is 0 Å². The number of nitrogens with zero attached hydrogens (tertiary/aromatic N) is 3. The highest BCUT2D eigenvalue weighted by atomic mass is 16.4. The Morgan fingerprint density at radius 1 is 1.05 bits per heavy atom. The van der Waals surface area contributed by atoms with Crippen LogP contribution in [0.3, 0.4) is 0 Å². The first-order valence-electron chi connectivity index (χ1n) is 6.49. The van der Waals surface area contributed by atoms with Crippen LogP contribution in [0, 0.1) is 0 Å². The van der Waals surface area contributed by atoms with Gasteiger partial charge in [0, 0.05) is 30.4 Å². The zero-order valence-electron chi connectivity index (χ0n) is 11.4. The highest BCUT2D eigenvalue weighted by Crippen LogP contribution is 2.23. The van der Waals surface area contributed by atoms with E-state index in [1.807, 2.05) is 0 Å². The lowest BCUT2D eigenvalue weighted by Crippen LogP contribution is -2.14. The molecule has 1 N–H and O–H groups in total. The molecule has 3 rings (SSSR count). The van der Waals surface area contributed by atoms with E-state index >= 15 is 0 Å². The summed E-state index contributed by atoms with van der Waals surface area (Å²) in [5.74, 6) is -1.10. The maximum absolute atomic E-state index is 12.5. The van der Waals surface area contributed by atoms with Gasteiger partial charge in [-0.25, -0.2) is 9.78 Å². The fourth-order valence-corrected chi connectivity index (χ4v) is 2.16. The molecule has 0 amide bonds. The smallest absolute Gasteiger partial charge is 0.336 e. The number of imidazole rings is 1. The number of pyridine rings is 1. The normalized spacial score (nSPS) is 10.4. The van der Waals surface area contributed by atoms with Crippen molar-refractivity contribution in [2.45, 2.75) is 0 Å². The molecule has 0 bridgehead atoms. The summed E-state index contributed by atoms with van der Waals surface area (Å²) in [4.78, 5) is 31.9. The topological polar surface area (TPSA) is 85.1 Å². The monoisotopic (exact) mass is 293 g/mol. The van der Waals surface area contributed by atoms with E-state index in [2.05, 4.69) is 9.97 Å². The number of aromatic carboxylic acids is 1. The zero-order valence-corrected chi connectivity index (χ0v) is 11.4. The molecule has 0 saturated heterocycles. The molecule has 0 aliphatic rings. The summed E-state index contributed by atoms with van der Waals surface area (Å²) < 4.78 is 1.32. The summed E-state index contributed by atoms with van der Waals surface area (Å²) in [5, 5.41) is 9.28. The molecular weight excluding hydrogens is 282 g/mol. The maximum Gasteiger partial charge on any atom is 0.336 e. The molecule has 0 aliphatic carbocycles. The van der Waals surface area contributed by atoms with Crippen LogP contribution in [0.25, 0.3) is 11.4 Å². The van der Waals surface area contributed by atoms with Crippen molar-refractivity contribution < 1.29 is 14.7 Å². The molecule has 0 radical (unpaired) electrons. The van der Waals surface area contributed by atoms with Crippen molar-refractivity contribution in [1.82, 2.24) is 14.5 Å². The Morgan fingerprint density at radius 2 is 1.86 bits per heavy atom. The lowest BCUT2D eigenvalue weighted by Gasteiger charge is -2.08. The number of benzene rings is 1. The maximum atomic E-state index is 12.5. The fraction of sp³-hybridized carbons (Fsp3) is 0. The Morgan fingerprint density at radius 3 is 2.59 bits per heavy atom. The highest BCUT2D eigenvalue weighted by Gasteiger charge is 2.19. The summed E-state index contributed by atoms with van der Waals surface area (Å²) in [6.45, 7) is 0. The van der Waals surface area contributed by atoms with Crippen molar-refractivity contribution in [3.63, 3.8) is 0 Å². The number of carbonyl (C=O) groups is 2. The van der Waals surface area contributed by atoms with Crippen molar-refractivity contribution in [2.75, 3.05) is 0 Å². The van der Waals surface area contributed by atoms with E-state index in [1.165, 1.54) is 29.2 Å². The van der Waals surface area contributed by atoms with Gasteiger partial charge in [-0.15, -0.1) is 0 Å². The van der Waals surface area contributed by atoms with E-state index < -0.39 is 5.97 Å². The van der Waals surface area contributed by atoms with Gasteiger partial charge in [-0.2, -0.15) is 0 Å². The minimum atomic E-state index is -1.07. The number of carbonyl (C=O) groups excluding carboxylic acids is 1. The third-order valence-electron chi connectivity index (χ3n) is 3.17. The molecule has 2 heterocycles. The Kier molecular flexibility index (Phi) is 3.49. The van der Waals surface area contributed by atoms with Crippen LogP contribution in [0.4, 0.5) is 0 Å². The van der Waals surface area contributed by atoms with Crippen LogP contribution in [0.2, 0.25) is 0 Å². The van der Waals surface area contributed by atoms with E-state index in [1.54, 1.807) is 36.5 Å². The summed E-state index contributed by atoms with van der Waals surface area (Å²) >= 11 is 0. The molecule has 3 aromatic rings. The standard InChI is InChI=1S/C16H11N3O3/c20-15(11-4-3-7-17-10-11)19-9-8-18-14(19)12-5-1-2-6-13(12)16(21)22/h1-10H,(H,21,22). The van der Waals surface area contributed by atoms with Gasteiger partial charge in [0.05, 0.1) is 11.1 Å². The number of carboxylic acid groups (broad SMARTS) is 1. The molecule has 0 aliphatic heterocycles. The van der Waals surface area contributed by atoms with E-state index in [0.717, 1.165) is 0 Å². The molecule has 0 spiro atoms. The quantitative estimate of drug-likeness (QED) is 0.801. The predicted octanol–water partition coefficient (Wildman–Crippen LogP) is 2.33. The van der Waals surface area contributed by atoms with E-state index in [9.17, 15) is 14.7 Å². The Bertz CT molecular complexity index is 841. The minimum absolute atomic E-state index is 0.0916. The van der Waals surface area contributed by atoms with Gasteiger partial charge >= 0.3 is 5.97 Å². The fourth-order valence-electron chi connectivity index (χ4n) is 2.16. The predicted molar refractivity (Wildman–Crippen MR) is 78.6 cm³/mol. The highest BCUT2D eigenvalue weighted by molar-refractivity contribution is 6.00. The van der Waals surface area contributed by atoms with Gasteiger partial charge in [-0.3, -0.25) is 14.3 Å². The summed E-state index contributed by atoms with van der Waals surface area (Å²) in [6, 6.07) is 9.74. The molecule has 22 heavy (non-hydrogen) atoms. The SMILES string of the molecule is O=C(O)c1ccccc1-c1nccn1C(=O)c1cccnc1. The first kappa shape index (κ1) is 13.7. The van der Waals surface area contributed by atoms with Gasteiger partial charge in [0.15, 0.2) is 0 Å². The first-order chi connectivity index (χ1) is 10.7. The van der Waals surface area contributed by atoms with Crippen LogP contribution in [0.15, 0.2) is 61.2 Å².